The average molecular weight is 354 g/mol. The van der Waals surface area contributed by atoms with E-state index in [2.05, 4.69) is 15.5 Å². The van der Waals surface area contributed by atoms with Crippen LogP contribution in [-0.2, 0) is 11.8 Å². The van der Waals surface area contributed by atoms with Crippen molar-refractivity contribution >= 4 is 23.4 Å². The topological polar surface area (TPSA) is 69.0 Å². The summed E-state index contributed by atoms with van der Waals surface area (Å²) in [7, 11) is 1.84. The Hall–Kier alpha value is -2.80. The summed E-state index contributed by atoms with van der Waals surface area (Å²) in [6, 6.07) is 15.1. The number of hydrogen-bond donors (Lipinski definition) is 1. The molecule has 0 saturated heterocycles. The smallest absolute Gasteiger partial charge is 0.234 e. The van der Waals surface area contributed by atoms with Gasteiger partial charge in [0.1, 0.15) is 17.8 Å². The number of ether oxygens (including phenoxy) is 1. The molecule has 0 fully saturated rings. The molecule has 0 saturated carbocycles. The Morgan fingerprint density at radius 2 is 2.00 bits per heavy atom. The molecule has 0 spiro atoms. The largest absolute Gasteiger partial charge is 0.457 e. The molecule has 6 nitrogen and oxygen atoms in total. The van der Waals surface area contributed by atoms with Crippen molar-refractivity contribution in [3.8, 4) is 11.5 Å². The van der Waals surface area contributed by atoms with Gasteiger partial charge in [-0.1, -0.05) is 23.9 Å². The lowest BCUT2D eigenvalue weighted by Gasteiger charge is -2.08. The van der Waals surface area contributed by atoms with Crippen molar-refractivity contribution in [1.82, 2.24) is 14.8 Å². The molecule has 1 aromatic heterocycles. The van der Waals surface area contributed by atoms with Crippen LogP contribution in [0.5, 0.6) is 11.5 Å². The highest BCUT2D eigenvalue weighted by Crippen LogP contribution is 2.24. The van der Waals surface area contributed by atoms with Gasteiger partial charge in [-0.15, -0.1) is 10.2 Å². The number of anilines is 1. The third-order valence-electron chi connectivity index (χ3n) is 3.37. The third kappa shape index (κ3) is 4.84. The minimum atomic E-state index is -0.0969. The molecule has 3 aromatic rings. The highest BCUT2D eigenvalue weighted by Gasteiger charge is 2.07. The minimum absolute atomic E-state index is 0.0969. The molecule has 7 heteroatoms. The van der Waals surface area contributed by atoms with Crippen LogP contribution in [0, 0.1) is 6.92 Å². The minimum Gasteiger partial charge on any atom is -0.457 e. The van der Waals surface area contributed by atoms with E-state index in [0.29, 0.717) is 5.16 Å². The fourth-order valence-electron chi connectivity index (χ4n) is 2.15. The van der Waals surface area contributed by atoms with Gasteiger partial charge in [-0.25, -0.2) is 0 Å². The lowest BCUT2D eigenvalue weighted by molar-refractivity contribution is -0.113. The van der Waals surface area contributed by atoms with Crippen LogP contribution in [0.1, 0.15) is 5.56 Å². The molecule has 1 heterocycles. The molecule has 0 aliphatic carbocycles. The summed E-state index contributed by atoms with van der Waals surface area (Å²) >= 11 is 1.34. The molecule has 2 aromatic carbocycles. The number of carbonyl (C=O) groups is 1. The van der Waals surface area contributed by atoms with Gasteiger partial charge in [-0.2, -0.15) is 0 Å². The van der Waals surface area contributed by atoms with Crippen molar-refractivity contribution in [1.29, 1.82) is 0 Å². The Bertz CT molecular complexity index is 862. The quantitative estimate of drug-likeness (QED) is 0.684. The molecule has 1 N–H and O–H groups in total. The molecule has 25 heavy (non-hydrogen) atoms. The summed E-state index contributed by atoms with van der Waals surface area (Å²) in [6.07, 6.45) is 1.60. The summed E-state index contributed by atoms with van der Waals surface area (Å²) in [5.41, 5.74) is 1.86. The number of aryl methyl sites for hydroxylation is 2. The van der Waals surface area contributed by atoms with E-state index in [0.717, 1.165) is 22.7 Å². The van der Waals surface area contributed by atoms with E-state index >= 15 is 0 Å². The van der Waals surface area contributed by atoms with Crippen molar-refractivity contribution in [2.75, 3.05) is 11.1 Å². The van der Waals surface area contributed by atoms with Crippen molar-refractivity contribution in [3.63, 3.8) is 0 Å². The Morgan fingerprint density at radius 1 is 1.20 bits per heavy atom. The van der Waals surface area contributed by atoms with Gasteiger partial charge in [0.25, 0.3) is 0 Å². The van der Waals surface area contributed by atoms with Crippen LogP contribution in [0.15, 0.2) is 60.0 Å². The van der Waals surface area contributed by atoms with Gasteiger partial charge in [0.05, 0.1) is 5.75 Å². The molecule has 0 atom stereocenters. The van der Waals surface area contributed by atoms with E-state index < -0.39 is 0 Å². The fourth-order valence-corrected chi connectivity index (χ4v) is 2.84. The molecule has 128 valence electrons. The summed E-state index contributed by atoms with van der Waals surface area (Å²) < 4.78 is 7.57. The van der Waals surface area contributed by atoms with E-state index in [-0.39, 0.29) is 11.7 Å². The van der Waals surface area contributed by atoms with Crippen LogP contribution >= 0.6 is 11.8 Å². The predicted molar refractivity (Wildman–Crippen MR) is 98.1 cm³/mol. The Morgan fingerprint density at radius 3 is 2.68 bits per heavy atom. The second-order valence-corrected chi connectivity index (χ2v) is 6.45. The van der Waals surface area contributed by atoms with E-state index in [1.54, 1.807) is 10.9 Å². The van der Waals surface area contributed by atoms with Crippen LogP contribution < -0.4 is 10.1 Å². The van der Waals surface area contributed by atoms with Crippen LogP contribution in [-0.4, -0.2) is 26.4 Å². The highest BCUT2D eigenvalue weighted by molar-refractivity contribution is 7.99. The summed E-state index contributed by atoms with van der Waals surface area (Å²) in [6.45, 7) is 2.02. The Balaban J connectivity index is 1.53. The normalized spacial score (nSPS) is 10.5. The lowest BCUT2D eigenvalue weighted by Crippen LogP contribution is -2.14. The first kappa shape index (κ1) is 17.0. The monoisotopic (exact) mass is 354 g/mol. The summed E-state index contributed by atoms with van der Waals surface area (Å²) in [5.74, 6) is 1.68. The van der Waals surface area contributed by atoms with Gasteiger partial charge < -0.3 is 14.6 Å². The zero-order chi connectivity index (χ0) is 17.6. The summed E-state index contributed by atoms with van der Waals surface area (Å²) in [4.78, 5) is 12.0. The molecule has 0 bridgehead atoms. The molecule has 0 radical (unpaired) electrons. The van der Waals surface area contributed by atoms with E-state index in [9.17, 15) is 4.79 Å². The maximum Gasteiger partial charge on any atom is 0.234 e. The maximum absolute atomic E-state index is 12.0. The van der Waals surface area contributed by atoms with Crippen molar-refractivity contribution in [3.05, 3.63) is 60.4 Å². The first-order chi connectivity index (χ1) is 12.1. The molecular weight excluding hydrogens is 336 g/mol. The van der Waals surface area contributed by atoms with Crippen LogP contribution in [0.4, 0.5) is 5.69 Å². The molecule has 0 aliphatic heterocycles. The molecule has 0 aliphatic rings. The van der Waals surface area contributed by atoms with E-state index in [4.69, 9.17) is 4.74 Å². The molecule has 0 unspecified atom stereocenters. The lowest BCUT2D eigenvalue weighted by atomic mass is 10.2. The van der Waals surface area contributed by atoms with Crippen LogP contribution in [0.2, 0.25) is 0 Å². The maximum atomic E-state index is 12.0. The van der Waals surface area contributed by atoms with Gasteiger partial charge in [0, 0.05) is 12.7 Å². The van der Waals surface area contributed by atoms with Gasteiger partial charge in [0.15, 0.2) is 5.16 Å². The number of rotatable bonds is 6. The number of carbonyl (C=O) groups excluding carboxylic acids is 1. The zero-order valence-electron chi connectivity index (χ0n) is 14.0. The van der Waals surface area contributed by atoms with Crippen LogP contribution in [0.25, 0.3) is 0 Å². The third-order valence-corrected chi connectivity index (χ3v) is 4.40. The van der Waals surface area contributed by atoms with Crippen LogP contribution in [0.3, 0.4) is 0 Å². The van der Waals surface area contributed by atoms with E-state index in [1.807, 2.05) is 62.5 Å². The second-order valence-electron chi connectivity index (χ2n) is 5.50. The zero-order valence-corrected chi connectivity index (χ0v) is 14.8. The van der Waals surface area contributed by atoms with E-state index in [1.165, 1.54) is 11.8 Å². The highest BCUT2D eigenvalue weighted by atomic mass is 32.2. The standard InChI is InChI=1S/C18H18N4O2S/c1-13-4-3-5-16(10-13)24-15-8-6-14(7-9-15)20-17(23)11-25-18-21-19-12-22(18)2/h3-10,12H,11H2,1-2H3,(H,20,23). The van der Waals surface area contributed by atoms with Gasteiger partial charge in [0.2, 0.25) is 5.91 Å². The van der Waals surface area contributed by atoms with Crippen molar-refractivity contribution in [2.24, 2.45) is 7.05 Å². The number of aromatic nitrogens is 3. The first-order valence-electron chi connectivity index (χ1n) is 7.71. The van der Waals surface area contributed by atoms with Crippen molar-refractivity contribution < 1.29 is 9.53 Å². The number of nitrogens with one attached hydrogen (secondary N) is 1. The SMILES string of the molecule is Cc1cccc(Oc2ccc(NC(=O)CSc3nncn3C)cc2)c1. The number of thioether (sulfide) groups is 1. The molecule has 3 rings (SSSR count). The van der Waals surface area contributed by atoms with Gasteiger partial charge in [-0.3, -0.25) is 4.79 Å². The molecule has 1 amide bonds. The number of amides is 1. The van der Waals surface area contributed by atoms with Gasteiger partial charge >= 0.3 is 0 Å². The number of benzene rings is 2. The fraction of sp³-hybridized carbons (Fsp3) is 0.167. The summed E-state index contributed by atoms with van der Waals surface area (Å²) in [5, 5.41) is 11.3. The second kappa shape index (κ2) is 7.85. The molecular formula is C18H18N4O2S. The average Bonchev–Trinajstić information content (AvgIpc) is 3.00. The number of hydrogen-bond acceptors (Lipinski definition) is 5. The Kier molecular flexibility index (Phi) is 5.35. The van der Waals surface area contributed by atoms with Crippen molar-refractivity contribution in [2.45, 2.75) is 12.1 Å². The predicted octanol–water partition coefficient (Wildman–Crippen LogP) is 3.65. The van der Waals surface area contributed by atoms with Gasteiger partial charge in [-0.05, 0) is 48.9 Å². The Labute approximate surface area is 150 Å². The number of nitrogens with zero attached hydrogens (tertiary/aromatic N) is 3. The first-order valence-corrected chi connectivity index (χ1v) is 8.70.